The van der Waals surface area contributed by atoms with Crippen molar-refractivity contribution in [2.24, 2.45) is 11.8 Å². The third kappa shape index (κ3) is 3.01. The minimum absolute atomic E-state index is 0.249. The van der Waals surface area contributed by atoms with Crippen molar-refractivity contribution < 1.29 is 23.5 Å². The summed E-state index contributed by atoms with van der Waals surface area (Å²) in [4.78, 5) is 23.1. The second-order valence-corrected chi connectivity index (χ2v) is 4.61. The van der Waals surface area contributed by atoms with E-state index in [0.29, 0.717) is 0 Å². The van der Waals surface area contributed by atoms with E-state index < -0.39 is 35.3 Å². The van der Waals surface area contributed by atoms with E-state index in [0.717, 1.165) is 18.2 Å². The first kappa shape index (κ1) is 14.2. The molecule has 1 aromatic rings. The molecule has 0 saturated heterocycles. The molecule has 0 spiro atoms. The Hall–Kier alpha value is -2.24. The van der Waals surface area contributed by atoms with E-state index in [1.165, 1.54) is 0 Å². The van der Waals surface area contributed by atoms with Gasteiger partial charge in [0.2, 0.25) is 5.91 Å². The molecule has 0 aliphatic heterocycles. The lowest BCUT2D eigenvalue weighted by atomic mass is 9.82. The average Bonchev–Trinajstić information content (AvgIpc) is 2.42. The Balaban J connectivity index is 2.16. The van der Waals surface area contributed by atoms with Gasteiger partial charge in [0.15, 0.2) is 0 Å². The van der Waals surface area contributed by atoms with Gasteiger partial charge in [-0.2, -0.15) is 0 Å². The van der Waals surface area contributed by atoms with Gasteiger partial charge < -0.3 is 10.4 Å². The minimum atomic E-state index is -1.07. The third-order valence-corrected chi connectivity index (χ3v) is 3.27. The molecule has 0 heterocycles. The largest absolute Gasteiger partial charge is 0.481 e. The zero-order valence-corrected chi connectivity index (χ0v) is 10.5. The molecule has 2 N–H and O–H groups in total. The van der Waals surface area contributed by atoms with Crippen molar-refractivity contribution in [2.75, 3.05) is 5.32 Å². The van der Waals surface area contributed by atoms with Crippen molar-refractivity contribution in [1.82, 2.24) is 0 Å². The van der Waals surface area contributed by atoms with Crippen molar-refractivity contribution in [3.63, 3.8) is 0 Å². The fraction of sp³-hybridized carbons (Fsp3) is 0.286. The lowest BCUT2D eigenvalue weighted by Gasteiger charge is -2.24. The van der Waals surface area contributed by atoms with Crippen LogP contribution in [0.4, 0.5) is 14.5 Å². The highest BCUT2D eigenvalue weighted by molar-refractivity contribution is 5.95. The summed E-state index contributed by atoms with van der Waals surface area (Å²) in [6.07, 6.45) is 3.93. The standard InChI is InChI=1S/C14H13F2NO3/c15-8-5-6-11(16)12(7-8)17-13(18)9-3-1-2-4-10(9)14(19)20/h1-2,5-7,9-10H,3-4H2,(H,17,18)(H,19,20)/t9-,10-/m0/s1. The van der Waals surface area contributed by atoms with E-state index in [1.54, 1.807) is 12.2 Å². The smallest absolute Gasteiger partial charge is 0.307 e. The summed E-state index contributed by atoms with van der Waals surface area (Å²) in [7, 11) is 0. The molecule has 1 aliphatic rings. The van der Waals surface area contributed by atoms with Gasteiger partial charge in [-0.1, -0.05) is 12.2 Å². The molecule has 0 radical (unpaired) electrons. The summed E-state index contributed by atoms with van der Waals surface area (Å²) in [5.74, 6) is -4.78. The molecule has 0 unspecified atom stereocenters. The van der Waals surface area contributed by atoms with Crippen molar-refractivity contribution >= 4 is 17.6 Å². The number of rotatable bonds is 3. The number of carbonyl (C=O) groups excluding carboxylic acids is 1. The SMILES string of the molecule is O=C(O)[C@H]1CC=CC[C@@H]1C(=O)Nc1cc(F)ccc1F. The number of allylic oxidation sites excluding steroid dienone is 2. The van der Waals surface area contributed by atoms with Crippen LogP contribution in [-0.4, -0.2) is 17.0 Å². The van der Waals surface area contributed by atoms with Crippen LogP contribution in [0, 0.1) is 23.5 Å². The van der Waals surface area contributed by atoms with Gasteiger partial charge in [0, 0.05) is 6.07 Å². The normalized spacial score (nSPS) is 21.5. The van der Waals surface area contributed by atoms with Gasteiger partial charge in [0.05, 0.1) is 17.5 Å². The van der Waals surface area contributed by atoms with Gasteiger partial charge >= 0.3 is 5.97 Å². The molecule has 4 nitrogen and oxygen atoms in total. The van der Waals surface area contributed by atoms with Gasteiger partial charge in [-0.25, -0.2) is 8.78 Å². The van der Waals surface area contributed by atoms with E-state index in [9.17, 15) is 18.4 Å². The van der Waals surface area contributed by atoms with Gasteiger partial charge in [-0.3, -0.25) is 9.59 Å². The predicted octanol–water partition coefficient (Wildman–Crippen LogP) is 2.57. The van der Waals surface area contributed by atoms with Crippen LogP contribution in [-0.2, 0) is 9.59 Å². The first-order chi connectivity index (χ1) is 9.49. The van der Waals surface area contributed by atoms with E-state index in [4.69, 9.17) is 5.11 Å². The monoisotopic (exact) mass is 281 g/mol. The lowest BCUT2D eigenvalue weighted by molar-refractivity contribution is -0.146. The molecule has 0 saturated carbocycles. The highest BCUT2D eigenvalue weighted by atomic mass is 19.1. The maximum absolute atomic E-state index is 13.4. The molecule has 1 amide bonds. The van der Waals surface area contributed by atoms with Crippen LogP contribution < -0.4 is 5.32 Å². The molecule has 2 atom stereocenters. The maximum Gasteiger partial charge on any atom is 0.307 e. The quantitative estimate of drug-likeness (QED) is 0.837. The average molecular weight is 281 g/mol. The number of anilines is 1. The van der Waals surface area contributed by atoms with Crippen LogP contribution in [0.1, 0.15) is 12.8 Å². The Morgan fingerprint density at radius 2 is 1.80 bits per heavy atom. The van der Waals surface area contributed by atoms with Crippen LogP contribution >= 0.6 is 0 Å². The highest BCUT2D eigenvalue weighted by Crippen LogP contribution is 2.27. The number of benzene rings is 1. The zero-order chi connectivity index (χ0) is 14.7. The molecule has 1 aliphatic carbocycles. The number of amides is 1. The Morgan fingerprint density at radius 3 is 2.45 bits per heavy atom. The first-order valence-corrected chi connectivity index (χ1v) is 6.12. The number of carbonyl (C=O) groups is 2. The fourth-order valence-electron chi connectivity index (χ4n) is 2.20. The zero-order valence-electron chi connectivity index (χ0n) is 10.5. The maximum atomic E-state index is 13.4. The summed E-state index contributed by atoms with van der Waals surface area (Å²) in [6, 6.07) is 2.70. The van der Waals surface area contributed by atoms with Gasteiger partial charge in [0.1, 0.15) is 11.6 Å². The van der Waals surface area contributed by atoms with E-state index in [2.05, 4.69) is 5.32 Å². The third-order valence-electron chi connectivity index (χ3n) is 3.27. The van der Waals surface area contributed by atoms with Gasteiger partial charge in [-0.15, -0.1) is 0 Å². The molecule has 106 valence electrons. The number of hydrogen-bond acceptors (Lipinski definition) is 2. The van der Waals surface area contributed by atoms with Gasteiger partial charge in [0.25, 0.3) is 0 Å². The first-order valence-electron chi connectivity index (χ1n) is 6.12. The van der Waals surface area contributed by atoms with Crippen LogP contribution in [0.2, 0.25) is 0 Å². The summed E-state index contributed by atoms with van der Waals surface area (Å²) in [5.41, 5.74) is -0.284. The second-order valence-electron chi connectivity index (χ2n) is 4.61. The van der Waals surface area contributed by atoms with Crippen molar-refractivity contribution in [1.29, 1.82) is 0 Å². The predicted molar refractivity (Wildman–Crippen MR) is 68.0 cm³/mol. The summed E-state index contributed by atoms with van der Waals surface area (Å²) in [5, 5.41) is 11.3. The molecule has 0 aromatic heterocycles. The minimum Gasteiger partial charge on any atom is -0.481 e. The highest BCUT2D eigenvalue weighted by Gasteiger charge is 2.34. The Kier molecular flexibility index (Phi) is 4.12. The Morgan fingerprint density at radius 1 is 1.15 bits per heavy atom. The molecule has 1 aromatic carbocycles. The van der Waals surface area contributed by atoms with Crippen molar-refractivity contribution in [2.45, 2.75) is 12.8 Å². The van der Waals surface area contributed by atoms with Crippen LogP contribution in [0.5, 0.6) is 0 Å². The van der Waals surface area contributed by atoms with E-state index >= 15 is 0 Å². The van der Waals surface area contributed by atoms with Crippen LogP contribution in [0.3, 0.4) is 0 Å². The summed E-state index contributed by atoms with van der Waals surface area (Å²) in [6.45, 7) is 0. The van der Waals surface area contributed by atoms with Crippen LogP contribution in [0.15, 0.2) is 30.4 Å². The topological polar surface area (TPSA) is 66.4 Å². The molecule has 0 bridgehead atoms. The van der Waals surface area contributed by atoms with E-state index in [-0.39, 0.29) is 18.5 Å². The van der Waals surface area contributed by atoms with Gasteiger partial charge in [-0.05, 0) is 25.0 Å². The summed E-state index contributed by atoms with van der Waals surface area (Å²) < 4.78 is 26.5. The number of carboxylic acids is 1. The number of carboxylic acid groups (broad SMARTS) is 1. The lowest BCUT2D eigenvalue weighted by Crippen LogP contribution is -2.34. The fourth-order valence-corrected chi connectivity index (χ4v) is 2.20. The number of aliphatic carboxylic acids is 1. The molecular formula is C14H13F2NO3. The molecule has 20 heavy (non-hydrogen) atoms. The van der Waals surface area contributed by atoms with Crippen LogP contribution in [0.25, 0.3) is 0 Å². The second kappa shape index (κ2) is 5.81. The van der Waals surface area contributed by atoms with Crippen molar-refractivity contribution in [3.8, 4) is 0 Å². The van der Waals surface area contributed by atoms with Crippen molar-refractivity contribution in [3.05, 3.63) is 42.0 Å². The molecule has 2 rings (SSSR count). The molecule has 6 heteroatoms. The molecular weight excluding hydrogens is 268 g/mol. The summed E-state index contributed by atoms with van der Waals surface area (Å²) >= 11 is 0. The Bertz CT molecular complexity index is 572. The number of halogens is 2. The number of nitrogens with one attached hydrogen (secondary N) is 1. The molecule has 0 fully saturated rings. The van der Waals surface area contributed by atoms with E-state index in [1.807, 2.05) is 0 Å². The Labute approximate surface area is 114 Å². The number of hydrogen-bond donors (Lipinski definition) is 2.